The van der Waals surface area contributed by atoms with Crippen molar-refractivity contribution in [3.8, 4) is 11.5 Å². The van der Waals surface area contributed by atoms with E-state index in [2.05, 4.69) is 18.2 Å². The third-order valence-corrected chi connectivity index (χ3v) is 5.25. The number of phenols is 1. The normalized spacial score (nSPS) is 20.5. The Labute approximate surface area is 158 Å². The summed E-state index contributed by atoms with van der Waals surface area (Å²) < 4.78 is 6.33. The van der Waals surface area contributed by atoms with E-state index in [-0.39, 0.29) is 18.0 Å². The average Bonchev–Trinajstić information content (AvgIpc) is 3.15. The maximum Gasteiger partial charge on any atom is 0.213 e. The number of nitrogens with zero attached hydrogens (tertiary/aromatic N) is 2. The first kappa shape index (κ1) is 15.9. The standard InChI is InChI=1S/C23H20N2O2/c1-15-11-12-21(26)18(13-15)19-14-20-17-9-5-6-10-22(17)27-23(25(20)24-19)16-7-3-2-4-8-16/h2-13,20,23,26H,14H2,1H3/t20-,23+/m0/s1. The zero-order valence-corrected chi connectivity index (χ0v) is 15.0. The summed E-state index contributed by atoms with van der Waals surface area (Å²) in [6.07, 6.45) is 0.455. The van der Waals surface area contributed by atoms with Gasteiger partial charge in [0.2, 0.25) is 6.23 Å². The summed E-state index contributed by atoms with van der Waals surface area (Å²) in [7, 11) is 0. The lowest BCUT2D eigenvalue weighted by atomic mass is 9.95. The minimum absolute atomic E-state index is 0.0927. The van der Waals surface area contributed by atoms with Gasteiger partial charge in [0.1, 0.15) is 11.5 Å². The molecule has 0 bridgehead atoms. The zero-order valence-electron chi connectivity index (χ0n) is 15.0. The molecule has 27 heavy (non-hydrogen) atoms. The Morgan fingerprint density at radius 3 is 2.63 bits per heavy atom. The van der Waals surface area contributed by atoms with E-state index in [1.165, 1.54) is 0 Å². The molecule has 4 nitrogen and oxygen atoms in total. The summed E-state index contributed by atoms with van der Waals surface area (Å²) in [5, 5.41) is 17.3. The molecule has 2 heterocycles. The lowest BCUT2D eigenvalue weighted by Gasteiger charge is -2.38. The van der Waals surface area contributed by atoms with Crippen molar-refractivity contribution in [1.82, 2.24) is 5.01 Å². The Hall–Kier alpha value is -3.27. The van der Waals surface area contributed by atoms with E-state index in [1.54, 1.807) is 6.07 Å². The van der Waals surface area contributed by atoms with Crippen LogP contribution in [-0.4, -0.2) is 15.8 Å². The summed E-state index contributed by atoms with van der Waals surface area (Å²) in [5.41, 5.74) is 4.99. The second-order valence-corrected chi connectivity index (χ2v) is 7.09. The topological polar surface area (TPSA) is 45.1 Å². The molecule has 0 spiro atoms. The van der Waals surface area contributed by atoms with Gasteiger partial charge in [-0.15, -0.1) is 0 Å². The van der Waals surface area contributed by atoms with Gasteiger partial charge >= 0.3 is 0 Å². The number of ether oxygens (including phenoxy) is 1. The molecule has 1 N–H and O–H groups in total. The van der Waals surface area contributed by atoms with Crippen LogP contribution in [-0.2, 0) is 0 Å². The van der Waals surface area contributed by atoms with E-state index in [4.69, 9.17) is 9.84 Å². The highest BCUT2D eigenvalue weighted by molar-refractivity contribution is 6.04. The van der Waals surface area contributed by atoms with Gasteiger partial charge in [0, 0.05) is 23.1 Å². The van der Waals surface area contributed by atoms with Crippen LogP contribution in [0.3, 0.4) is 0 Å². The number of benzene rings is 3. The summed E-state index contributed by atoms with van der Waals surface area (Å²) in [6.45, 7) is 2.02. The first-order chi connectivity index (χ1) is 13.2. The Kier molecular flexibility index (Phi) is 3.64. The molecule has 2 atom stereocenters. The van der Waals surface area contributed by atoms with Gasteiger partial charge in [0.15, 0.2) is 0 Å². The molecule has 0 unspecified atom stereocenters. The molecular formula is C23H20N2O2. The second-order valence-electron chi connectivity index (χ2n) is 7.09. The van der Waals surface area contributed by atoms with Crippen LogP contribution in [0.4, 0.5) is 0 Å². The molecule has 0 saturated heterocycles. The smallest absolute Gasteiger partial charge is 0.213 e. The highest BCUT2D eigenvalue weighted by atomic mass is 16.5. The summed E-state index contributed by atoms with van der Waals surface area (Å²) in [4.78, 5) is 0. The van der Waals surface area contributed by atoms with E-state index in [0.29, 0.717) is 0 Å². The molecule has 2 aliphatic heterocycles. The molecule has 0 radical (unpaired) electrons. The van der Waals surface area contributed by atoms with Crippen molar-refractivity contribution < 1.29 is 9.84 Å². The number of fused-ring (bicyclic) bond motifs is 3. The minimum Gasteiger partial charge on any atom is -0.507 e. The number of rotatable bonds is 2. The number of aryl methyl sites for hydroxylation is 1. The van der Waals surface area contributed by atoms with Crippen LogP contribution >= 0.6 is 0 Å². The molecule has 3 aromatic rings. The van der Waals surface area contributed by atoms with Gasteiger partial charge in [-0.25, -0.2) is 5.01 Å². The van der Waals surface area contributed by atoms with Gasteiger partial charge in [-0.3, -0.25) is 0 Å². The van der Waals surface area contributed by atoms with Crippen molar-refractivity contribution in [2.24, 2.45) is 5.10 Å². The Balaban J connectivity index is 1.62. The molecule has 2 aliphatic rings. The van der Waals surface area contributed by atoms with Gasteiger partial charge in [-0.1, -0.05) is 60.2 Å². The predicted octanol–water partition coefficient (Wildman–Crippen LogP) is 4.94. The Morgan fingerprint density at radius 2 is 1.78 bits per heavy atom. The summed E-state index contributed by atoms with van der Waals surface area (Å²) in [5.74, 6) is 1.17. The van der Waals surface area contributed by atoms with Gasteiger partial charge in [-0.05, 0) is 25.1 Å². The van der Waals surface area contributed by atoms with Crippen molar-refractivity contribution in [2.75, 3.05) is 0 Å². The van der Waals surface area contributed by atoms with E-state index >= 15 is 0 Å². The maximum absolute atomic E-state index is 10.4. The van der Waals surface area contributed by atoms with Crippen LogP contribution in [0.1, 0.15) is 40.9 Å². The highest BCUT2D eigenvalue weighted by Crippen LogP contribution is 2.47. The molecule has 0 aliphatic carbocycles. The van der Waals surface area contributed by atoms with E-state index < -0.39 is 0 Å². The molecule has 0 fully saturated rings. The molecule has 0 amide bonds. The molecule has 0 aromatic heterocycles. The molecule has 3 aromatic carbocycles. The highest BCUT2D eigenvalue weighted by Gasteiger charge is 2.41. The largest absolute Gasteiger partial charge is 0.507 e. The molecule has 4 heteroatoms. The van der Waals surface area contributed by atoms with E-state index in [1.807, 2.05) is 60.5 Å². The fourth-order valence-corrected chi connectivity index (χ4v) is 3.92. The number of aromatic hydroxyl groups is 1. The van der Waals surface area contributed by atoms with Crippen LogP contribution in [0.25, 0.3) is 0 Å². The van der Waals surface area contributed by atoms with E-state index in [0.717, 1.165) is 40.1 Å². The van der Waals surface area contributed by atoms with E-state index in [9.17, 15) is 5.11 Å². The lowest BCUT2D eigenvalue weighted by molar-refractivity contribution is -0.0190. The quantitative estimate of drug-likeness (QED) is 0.707. The van der Waals surface area contributed by atoms with Crippen LogP contribution in [0.15, 0.2) is 77.9 Å². The number of hydrazone groups is 1. The minimum atomic E-state index is -0.282. The number of hydrogen-bond acceptors (Lipinski definition) is 4. The van der Waals surface area contributed by atoms with Crippen molar-refractivity contribution >= 4 is 5.71 Å². The van der Waals surface area contributed by atoms with Gasteiger partial charge in [0.25, 0.3) is 0 Å². The molecule has 0 saturated carbocycles. The third kappa shape index (κ3) is 2.65. The maximum atomic E-state index is 10.4. The van der Waals surface area contributed by atoms with Gasteiger partial charge < -0.3 is 9.84 Å². The van der Waals surface area contributed by atoms with Crippen molar-refractivity contribution in [2.45, 2.75) is 25.6 Å². The number of para-hydroxylation sites is 1. The lowest BCUT2D eigenvalue weighted by Crippen LogP contribution is -2.33. The van der Waals surface area contributed by atoms with Crippen LogP contribution in [0, 0.1) is 6.92 Å². The second kappa shape index (κ2) is 6.16. The summed E-state index contributed by atoms with van der Waals surface area (Å²) >= 11 is 0. The van der Waals surface area contributed by atoms with Crippen LogP contribution < -0.4 is 4.74 Å². The van der Waals surface area contributed by atoms with Crippen molar-refractivity contribution in [1.29, 1.82) is 0 Å². The van der Waals surface area contributed by atoms with Crippen molar-refractivity contribution in [3.05, 3.63) is 95.1 Å². The first-order valence-corrected chi connectivity index (χ1v) is 9.17. The Bertz CT molecular complexity index is 1030. The summed E-state index contributed by atoms with van der Waals surface area (Å²) in [6, 6.07) is 24.0. The van der Waals surface area contributed by atoms with Crippen molar-refractivity contribution in [3.63, 3.8) is 0 Å². The predicted molar refractivity (Wildman–Crippen MR) is 105 cm³/mol. The average molecular weight is 356 g/mol. The van der Waals surface area contributed by atoms with Crippen LogP contribution in [0.2, 0.25) is 0 Å². The number of hydrogen-bond donors (Lipinski definition) is 1. The number of phenolic OH excluding ortho intramolecular Hbond substituents is 1. The van der Waals surface area contributed by atoms with Gasteiger partial charge in [0.05, 0.1) is 11.8 Å². The van der Waals surface area contributed by atoms with Crippen LogP contribution in [0.5, 0.6) is 11.5 Å². The third-order valence-electron chi connectivity index (χ3n) is 5.25. The molecule has 5 rings (SSSR count). The molecule has 134 valence electrons. The first-order valence-electron chi connectivity index (χ1n) is 9.17. The molecular weight excluding hydrogens is 336 g/mol. The zero-order chi connectivity index (χ0) is 18.4. The monoisotopic (exact) mass is 356 g/mol. The fraction of sp³-hybridized carbons (Fsp3) is 0.174. The SMILES string of the molecule is Cc1ccc(O)c(C2=NN3[C@@H](c4ccccc4)Oc4ccccc4[C@@H]3C2)c1. The fourth-order valence-electron chi connectivity index (χ4n) is 3.92. The van der Waals surface area contributed by atoms with Gasteiger partial charge in [-0.2, -0.15) is 5.10 Å². The Morgan fingerprint density at radius 1 is 1.00 bits per heavy atom.